The largest absolute Gasteiger partial charge is 0.381 e. The monoisotopic (exact) mass is 221 g/mol. The molecule has 4 nitrogen and oxygen atoms in total. The molecule has 0 aromatic carbocycles. The summed E-state index contributed by atoms with van der Waals surface area (Å²) in [4.78, 5) is 6.73. The lowest BCUT2D eigenvalue weighted by Crippen LogP contribution is -2.37. The highest BCUT2D eigenvalue weighted by Gasteiger charge is 2.20. The van der Waals surface area contributed by atoms with Crippen LogP contribution in [0.4, 0.5) is 5.82 Å². The van der Waals surface area contributed by atoms with E-state index in [-0.39, 0.29) is 0 Å². The van der Waals surface area contributed by atoms with Gasteiger partial charge in [0.2, 0.25) is 0 Å². The fraction of sp³-hybridized carbons (Fsp3) is 0.583. The molecule has 0 aliphatic carbocycles. The summed E-state index contributed by atoms with van der Waals surface area (Å²) in [7, 11) is 1.78. The molecule has 2 heterocycles. The third kappa shape index (κ3) is 2.33. The van der Waals surface area contributed by atoms with Crippen molar-refractivity contribution in [3.8, 4) is 0 Å². The molecular weight excluding hydrogens is 202 g/mol. The van der Waals surface area contributed by atoms with Crippen LogP contribution in [-0.4, -0.2) is 31.3 Å². The lowest BCUT2D eigenvalue weighted by Gasteiger charge is -2.33. The quantitative estimate of drug-likeness (QED) is 0.832. The Labute approximate surface area is 96.4 Å². The van der Waals surface area contributed by atoms with Gasteiger partial charge in [-0.1, -0.05) is 6.07 Å². The average molecular weight is 221 g/mol. The van der Waals surface area contributed by atoms with Gasteiger partial charge in [-0.25, -0.2) is 4.98 Å². The van der Waals surface area contributed by atoms with E-state index in [1.165, 1.54) is 0 Å². The summed E-state index contributed by atoms with van der Waals surface area (Å²) in [6, 6.07) is 3.98. The average Bonchev–Trinajstić information content (AvgIpc) is 2.39. The maximum atomic E-state index is 5.72. The maximum Gasteiger partial charge on any atom is 0.133 e. The minimum atomic E-state index is 0.404. The first kappa shape index (κ1) is 11.4. The Kier molecular flexibility index (Phi) is 3.74. The molecular formula is C12H19N3O. The molecule has 0 saturated carbocycles. The van der Waals surface area contributed by atoms with E-state index in [0.717, 1.165) is 37.3 Å². The molecule has 2 rings (SSSR count). The van der Waals surface area contributed by atoms with Crippen molar-refractivity contribution in [1.29, 1.82) is 0 Å². The van der Waals surface area contributed by atoms with Gasteiger partial charge in [0.25, 0.3) is 0 Å². The van der Waals surface area contributed by atoms with Gasteiger partial charge >= 0.3 is 0 Å². The van der Waals surface area contributed by atoms with Crippen LogP contribution in [0.1, 0.15) is 18.4 Å². The van der Waals surface area contributed by atoms with Crippen LogP contribution in [0.15, 0.2) is 18.3 Å². The number of anilines is 1. The van der Waals surface area contributed by atoms with E-state index in [1.807, 2.05) is 18.3 Å². The van der Waals surface area contributed by atoms with E-state index < -0.39 is 0 Å². The van der Waals surface area contributed by atoms with Crippen LogP contribution in [0.25, 0.3) is 0 Å². The molecule has 1 aromatic rings. The number of rotatable bonds is 3. The second-order valence-electron chi connectivity index (χ2n) is 4.11. The first-order valence-electron chi connectivity index (χ1n) is 5.77. The minimum absolute atomic E-state index is 0.404. The van der Waals surface area contributed by atoms with Gasteiger partial charge in [0.05, 0.1) is 6.10 Å². The van der Waals surface area contributed by atoms with Crippen molar-refractivity contribution in [1.82, 2.24) is 4.98 Å². The van der Waals surface area contributed by atoms with Gasteiger partial charge in [-0.15, -0.1) is 0 Å². The highest BCUT2D eigenvalue weighted by Crippen LogP contribution is 2.22. The van der Waals surface area contributed by atoms with Crippen molar-refractivity contribution >= 4 is 5.82 Å². The van der Waals surface area contributed by atoms with Crippen LogP contribution in [0, 0.1) is 0 Å². The Morgan fingerprint density at radius 1 is 1.50 bits per heavy atom. The second kappa shape index (κ2) is 5.27. The number of nitrogens with two attached hydrogens (primary N) is 1. The SMILES string of the molecule is COC1CCN(c2ncccc2CN)CC1. The van der Waals surface area contributed by atoms with E-state index in [0.29, 0.717) is 12.6 Å². The molecule has 4 heteroatoms. The van der Waals surface area contributed by atoms with Crippen molar-refractivity contribution in [2.45, 2.75) is 25.5 Å². The van der Waals surface area contributed by atoms with Crippen molar-refractivity contribution in [2.75, 3.05) is 25.1 Å². The zero-order chi connectivity index (χ0) is 11.4. The number of hydrogen-bond acceptors (Lipinski definition) is 4. The number of piperidine rings is 1. The molecule has 0 spiro atoms. The van der Waals surface area contributed by atoms with E-state index >= 15 is 0 Å². The number of methoxy groups -OCH3 is 1. The molecule has 0 radical (unpaired) electrons. The van der Waals surface area contributed by atoms with E-state index in [2.05, 4.69) is 9.88 Å². The Hall–Kier alpha value is -1.13. The van der Waals surface area contributed by atoms with Crippen LogP contribution in [0.5, 0.6) is 0 Å². The molecule has 88 valence electrons. The molecule has 16 heavy (non-hydrogen) atoms. The van der Waals surface area contributed by atoms with E-state index in [1.54, 1.807) is 7.11 Å². The summed E-state index contributed by atoms with van der Waals surface area (Å²) in [6.07, 6.45) is 4.37. The molecule has 1 aliphatic rings. The molecule has 1 aliphatic heterocycles. The van der Waals surface area contributed by atoms with Gasteiger partial charge in [0.1, 0.15) is 5.82 Å². The predicted molar refractivity (Wildman–Crippen MR) is 64.4 cm³/mol. The number of pyridine rings is 1. The molecule has 1 aromatic heterocycles. The van der Waals surface area contributed by atoms with Gasteiger partial charge in [-0.2, -0.15) is 0 Å². The van der Waals surface area contributed by atoms with Crippen LogP contribution in [0.3, 0.4) is 0 Å². The van der Waals surface area contributed by atoms with Gasteiger partial charge in [-0.05, 0) is 18.9 Å². The minimum Gasteiger partial charge on any atom is -0.381 e. The standard InChI is InChI=1S/C12H19N3O/c1-16-11-4-7-15(8-5-11)12-10(9-13)3-2-6-14-12/h2-3,6,11H,4-5,7-9,13H2,1H3. The lowest BCUT2D eigenvalue weighted by molar-refractivity contribution is 0.0817. The zero-order valence-electron chi connectivity index (χ0n) is 9.72. The smallest absolute Gasteiger partial charge is 0.133 e. The number of hydrogen-bond donors (Lipinski definition) is 1. The number of nitrogens with zero attached hydrogens (tertiary/aromatic N) is 2. The molecule has 0 unspecified atom stereocenters. The number of aromatic nitrogens is 1. The summed E-state index contributed by atoms with van der Waals surface area (Å²) in [5.74, 6) is 1.04. The highest BCUT2D eigenvalue weighted by molar-refractivity contribution is 5.46. The zero-order valence-corrected chi connectivity index (χ0v) is 9.72. The van der Waals surface area contributed by atoms with Crippen LogP contribution >= 0.6 is 0 Å². The first-order chi connectivity index (χ1) is 7.85. The van der Waals surface area contributed by atoms with E-state index in [9.17, 15) is 0 Å². The Balaban J connectivity index is 2.07. The fourth-order valence-corrected chi connectivity index (χ4v) is 2.18. The van der Waals surface area contributed by atoms with Crippen LogP contribution in [0.2, 0.25) is 0 Å². The molecule has 0 amide bonds. The first-order valence-corrected chi connectivity index (χ1v) is 5.77. The van der Waals surface area contributed by atoms with Gasteiger partial charge in [0.15, 0.2) is 0 Å². The maximum absolute atomic E-state index is 5.72. The normalized spacial score (nSPS) is 17.8. The molecule has 1 fully saturated rings. The molecule has 2 N–H and O–H groups in total. The summed E-state index contributed by atoms with van der Waals surface area (Å²) in [5, 5.41) is 0. The van der Waals surface area contributed by atoms with Crippen LogP contribution in [-0.2, 0) is 11.3 Å². The topological polar surface area (TPSA) is 51.4 Å². The van der Waals surface area contributed by atoms with E-state index in [4.69, 9.17) is 10.5 Å². The highest BCUT2D eigenvalue weighted by atomic mass is 16.5. The number of ether oxygens (including phenoxy) is 1. The summed E-state index contributed by atoms with van der Waals surface area (Å²) >= 11 is 0. The third-order valence-electron chi connectivity index (χ3n) is 3.16. The van der Waals surface area contributed by atoms with Crippen molar-refractivity contribution < 1.29 is 4.74 Å². The Morgan fingerprint density at radius 2 is 2.25 bits per heavy atom. The van der Waals surface area contributed by atoms with Crippen molar-refractivity contribution in [3.63, 3.8) is 0 Å². The van der Waals surface area contributed by atoms with Gasteiger partial charge in [-0.3, -0.25) is 0 Å². The summed E-state index contributed by atoms with van der Waals surface area (Å²) in [5.41, 5.74) is 6.84. The van der Waals surface area contributed by atoms with Gasteiger partial charge in [0, 0.05) is 38.5 Å². The predicted octanol–water partition coefficient (Wildman–Crippen LogP) is 1.16. The van der Waals surface area contributed by atoms with Crippen molar-refractivity contribution in [2.24, 2.45) is 5.73 Å². The van der Waals surface area contributed by atoms with Crippen LogP contribution < -0.4 is 10.6 Å². The summed E-state index contributed by atoms with van der Waals surface area (Å²) < 4.78 is 5.36. The fourth-order valence-electron chi connectivity index (χ4n) is 2.18. The molecule has 0 bridgehead atoms. The Morgan fingerprint density at radius 3 is 2.88 bits per heavy atom. The lowest BCUT2D eigenvalue weighted by atomic mass is 10.1. The van der Waals surface area contributed by atoms with Crippen molar-refractivity contribution in [3.05, 3.63) is 23.9 Å². The Bertz CT molecular complexity index is 335. The third-order valence-corrected chi connectivity index (χ3v) is 3.16. The second-order valence-corrected chi connectivity index (χ2v) is 4.11. The van der Waals surface area contributed by atoms with Gasteiger partial charge < -0.3 is 15.4 Å². The molecule has 0 atom stereocenters. The summed E-state index contributed by atoms with van der Waals surface area (Å²) in [6.45, 7) is 2.55. The molecule has 1 saturated heterocycles.